The third-order valence-electron chi connectivity index (χ3n) is 9.80. The molecule has 0 amide bonds. The molecular weight excluding hydrogens is 388 g/mol. The molecule has 0 aromatic carbocycles. The summed E-state index contributed by atoms with van der Waals surface area (Å²) < 4.78 is 5.12. The van der Waals surface area contributed by atoms with Crippen LogP contribution in [0.25, 0.3) is 0 Å². The molecule has 9 atom stereocenters. The van der Waals surface area contributed by atoms with Crippen LogP contribution in [-0.4, -0.2) is 62.7 Å². The summed E-state index contributed by atoms with van der Waals surface area (Å²) in [5.74, 6) is -1.29. The number of aliphatic hydroxyl groups is 4. The highest BCUT2D eigenvalue weighted by Gasteiger charge is 2.73. The number of hydrogen-bond acceptors (Lipinski definition) is 7. The molecule has 0 unspecified atom stereocenters. The molecule has 0 aromatic rings. The molecule has 0 aromatic heterocycles. The third kappa shape index (κ3) is 2.35. The maximum atomic E-state index is 12.5. The molecule has 30 heavy (non-hydrogen) atoms. The minimum atomic E-state index is -1.36. The highest BCUT2D eigenvalue weighted by Crippen LogP contribution is 2.70. The minimum Gasteiger partial charge on any atom is -0.458 e. The predicted molar refractivity (Wildman–Crippen MR) is 105 cm³/mol. The quantitative estimate of drug-likeness (QED) is 0.386. The fraction of sp³-hybridized carbons (Fsp3) is 0.826. The van der Waals surface area contributed by atoms with Crippen LogP contribution < -0.4 is 0 Å². The fourth-order valence-corrected chi connectivity index (χ4v) is 8.40. The van der Waals surface area contributed by atoms with E-state index in [9.17, 15) is 30.0 Å². The molecule has 0 radical (unpaired) electrons. The van der Waals surface area contributed by atoms with Crippen LogP contribution in [0.2, 0.25) is 0 Å². The summed E-state index contributed by atoms with van der Waals surface area (Å²) in [6, 6.07) is 0. The molecule has 1 aliphatic heterocycles. The molecule has 0 bridgehead atoms. The van der Waals surface area contributed by atoms with Gasteiger partial charge in [-0.15, -0.1) is 0 Å². The van der Waals surface area contributed by atoms with Crippen LogP contribution in [-0.2, 0) is 14.3 Å². The van der Waals surface area contributed by atoms with E-state index in [4.69, 9.17) is 4.74 Å². The van der Waals surface area contributed by atoms with E-state index in [1.54, 1.807) is 0 Å². The van der Waals surface area contributed by atoms with Crippen LogP contribution >= 0.6 is 0 Å². The van der Waals surface area contributed by atoms with Gasteiger partial charge in [0.15, 0.2) is 0 Å². The van der Waals surface area contributed by atoms with Gasteiger partial charge < -0.3 is 30.0 Å². The molecule has 7 heteroatoms. The Bertz CT molecular complexity index is 809. The van der Waals surface area contributed by atoms with Crippen molar-refractivity contribution in [3.05, 3.63) is 11.6 Å². The zero-order chi connectivity index (χ0) is 21.5. The maximum Gasteiger partial charge on any atom is 0.331 e. The highest BCUT2D eigenvalue weighted by molar-refractivity contribution is 5.85. The van der Waals surface area contributed by atoms with E-state index in [2.05, 4.69) is 0 Å². The first-order valence-corrected chi connectivity index (χ1v) is 11.2. The molecular formula is C23H32O7. The molecule has 0 spiro atoms. The van der Waals surface area contributed by atoms with Gasteiger partial charge in [0.1, 0.15) is 12.9 Å². The first-order chi connectivity index (χ1) is 14.1. The van der Waals surface area contributed by atoms with Crippen molar-refractivity contribution in [2.24, 2.45) is 28.6 Å². The summed E-state index contributed by atoms with van der Waals surface area (Å²) >= 11 is 0. The lowest BCUT2D eigenvalue weighted by Crippen LogP contribution is -2.72. The maximum absolute atomic E-state index is 12.5. The Morgan fingerprint density at radius 3 is 2.53 bits per heavy atom. The second kappa shape index (κ2) is 6.37. The smallest absolute Gasteiger partial charge is 0.331 e. The van der Waals surface area contributed by atoms with Gasteiger partial charge in [-0.2, -0.15) is 0 Å². The van der Waals surface area contributed by atoms with Crippen molar-refractivity contribution < 1.29 is 34.8 Å². The molecule has 5 aliphatic rings. The van der Waals surface area contributed by atoms with Crippen LogP contribution in [0.15, 0.2) is 11.6 Å². The van der Waals surface area contributed by atoms with E-state index in [-0.39, 0.29) is 30.8 Å². The average Bonchev–Trinajstić information content (AvgIpc) is 3.21. The van der Waals surface area contributed by atoms with Crippen molar-refractivity contribution in [3.63, 3.8) is 0 Å². The normalized spacial score (nSPS) is 55.2. The molecule has 1 heterocycles. The number of rotatable bonds is 2. The van der Waals surface area contributed by atoms with Crippen molar-refractivity contribution in [2.75, 3.05) is 6.61 Å². The summed E-state index contributed by atoms with van der Waals surface area (Å²) in [4.78, 5) is 24.2. The summed E-state index contributed by atoms with van der Waals surface area (Å²) in [7, 11) is 0. The number of fused-ring (bicyclic) bond motifs is 5. The molecule has 4 aliphatic carbocycles. The van der Waals surface area contributed by atoms with Crippen molar-refractivity contribution in [1.82, 2.24) is 0 Å². The molecule has 4 fully saturated rings. The number of cyclic esters (lactones) is 1. The van der Waals surface area contributed by atoms with Crippen molar-refractivity contribution in [2.45, 2.75) is 81.7 Å². The van der Waals surface area contributed by atoms with E-state index in [0.717, 1.165) is 11.9 Å². The molecule has 5 rings (SSSR count). The second-order valence-corrected chi connectivity index (χ2v) is 10.8. The van der Waals surface area contributed by atoms with E-state index in [1.807, 2.05) is 6.92 Å². The number of carbonyl (C=O) groups is 2. The Kier molecular flexibility index (Phi) is 4.38. The van der Waals surface area contributed by atoms with Crippen LogP contribution in [0.4, 0.5) is 0 Å². The van der Waals surface area contributed by atoms with Gasteiger partial charge in [-0.25, -0.2) is 4.79 Å². The molecule has 4 saturated carbocycles. The van der Waals surface area contributed by atoms with Gasteiger partial charge in [0.25, 0.3) is 0 Å². The summed E-state index contributed by atoms with van der Waals surface area (Å²) in [6.07, 6.45) is 4.02. The summed E-state index contributed by atoms with van der Waals surface area (Å²) in [5.41, 5.74) is -3.37. The Morgan fingerprint density at radius 1 is 1.10 bits per heavy atom. The largest absolute Gasteiger partial charge is 0.458 e. The Morgan fingerprint density at radius 2 is 1.87 bits per heavy atom. The Labute approximate surface area is 176 Å². The topological polar surface area (TPSA) is 124 Å². The standard InChI is InChI=1S/C23H32O7/c1-20-10-17(26)19-16(3-6-22(28)9-14(25)2-5-21(19,22)12-24)23(20,29)7-4-15(20)13-8-18(27)30-11-13/h8,12,14-17,19,25-26,28-29H,2-7,9-11H2,1H3/t14-,15+,16+,17+,19+,20+,21-,22-,23-/m0/s1. The van der Waals surface area contributed by atoms with E-state index in [1.165, 1.54) is 6.08 Å². The van der Waals surface area contributed by atoms with E-state index in [0.29, 0.717) is 44.9 Å². The van der Waals surface area contributed by atoms with Gasteiger partial charge in [0, 0.05) is 23.8 Å². The van der Waals surface area contributed by atoms with Crippen LogP contribution in [0, 0.1) is 28.6 Å². The first-order valence-electron chi connectivity index (χ1n) is 11.2. The number of hydrogen-bond donors (Lipinski definition) is 4. The van der Waals surface area contributed by atoms with Crippen molar-refractivity contribution in [3.8, 4) is 0 Å². The second-order valence-electron chi connectivity index (χ2n) is 10.8. The third-order valence-corrected chi connectivity index (χ3v) is 9.80. The Balaban J connectivity index is 1.56. The fourth-order valence-electron chi connectivity index (χ4n) is 8.40. The van der Waals surface area contributed by atoms with Crippen molar-refractivity contribution in [1.29, 1.82) is 0 Å². The van der Waals surface area contributed by atoms with Crippen LogP contribution in [0.3, 0.4) is 0 Å². The lowest BCUT2D eigenvalue weighted by molar-refractivity contribution is -0.272. The van der Waals surface area contributed by atoms with Crippen LogP contribution in [0.5, 0.6) is 0 Å². The van der Waals surface area contributed by atoms with Gasteiger partial charge >= 0.3 is 5.97 Å². The molecule has 166 valence electrons. The number of esters is 1. The van der Waals surface area contributed by atoms with Gasteiger partial charge in [0.05, 0.1) is 28.8 Å². The minimum absolute atomic E-state index is 0.0641. The predicted octanol–water partition coefficient (Wildman–Crippen LogP) is 0.869. The molecule has 7 nitrogen and oxygen atoms in total. The lowest BCUT2D eigenvalue weighted by atomic mass is 9.41. The zero-order valence-electron chi connectivity index (χ0n) is 17.4. The monoisotopic (exact) mass is 420 g/mol. The van der Waals surface area contributed by atoms with Crippen molar-refractivity contribution >= 4 is 12.3 Å². The van der Waals surface area contributed by atoms with Crippen LogP contribution in [0.1, 0.15) is 58.3 Å². The number of aliphatic hydroxyl groups excluding tert-OH is 2. The van der Waals surface area contributed by atoms with Gasteiger partial charge in [-0.05, 0) is 62.4 Å². The number of aldehydes is 1. The number of carbonyl (C=O) groups excluding carboxylic acids is 2. The van der Waals surface area contributed by atoms with Gasteiger partial charge in [-0.3, -0.25) is 0 Å². The van der Waals surface area contributed by atoms with E-state index >= 15 is 0 Å². The zero-order valence-corrected chi connectivity index (χ0v) is 17.4. The highest BCUT2D eigenvalue weighted by atomic mass is 16.5. The first kappa shape index (κ1) is 20.6. The van der Waals surface area contributed by atoms with Gasteiger partial charge in [0.2, 0.25) is 0 Å². The Hall–Kier alpha value is -1.28. The van der Waals surface area contributed by atoms with Gasteiger partial charge in [-0.1, -0.05) is 6.92 Å². The number of ether oxygens (including phenoxy) is 1. The molecule has 4 N–H and O–H groups in total. The summed E-state index contributed by atoms with van der Waals surface area (Å²) in [6.45, 7) is 2.22. The summed E-state index contributed by atoms with van der Waals surface area (Å²) in [5, 5.41) is 45.1. The average molecular weight is 421 g/mol. The lowest BCUT2D eigenvalue weighted by Gasteiger charge is -2.66. The SMILES string of the molecule is C[C@]12C[C@@H](O)[C@H]3[C@@H](CC[C@]4(O)C[C@@H](O)CC[C@]34C=O)[C@@]1(O)CC[C@@H]2C1=CC(=O)OC1. The van der Waals surface area contributed by atoms with E-state index < -0.39 is 40.2 Å². The molecule has 0 saturated heterocycles.